The molecule has 0 aliphatic heterocycles. The molecule has 0 saturated carbocycles. The van der Waals surface area contributed by atoms with Crippen LogP contribution in [0.25, 0.3) is 0 Å². The molecule has 0 aliphatic carbocycles. The summed E-state index contributed by atoms with van der Waals surface area (Å²) in [6.07, 6.45) is 66.7. The predicted molar refractivity (Wildman–Crippen MR) is 292 cm³/mol. The molecule has 1 amide bonds. The summed E-state index contributed by atoms with van der Waals surface area (Å²) in [7, 11) is 0. The van der Waals surface area contributed by atoms with Crippen LogP contribution in [0.5, 0.6) is 0 Å². The number of esters is 1. The first-order chi connectivity index (χ1) is 33.0. The normalized spacial score (nSPS) is 12.5. The largest absolute Gasteiger partial charge is 0.466 e. The number of nitrogens with one attached hydrogen (secondary N) is 1. The molecule has 2 atom stereocenters. The lowest BCUT2D eigenvalue weighted by atomic mass is 10.0. The molecule has 0 bridgehead atoms. The molecule has 6 nitrogen and oxygen atoms in total. The maximum Gasteiger partial charge on any atom is 0.305 e. The highest BCUT2D eigenvalue weighted by molar-refractivity contribution is 5.76. The number of aliphatic hydroxyl groups is 2. The third-order valence-electron chi connectivity index (χ3n) is 14.7. The van der Waals surface area contributed by atoms with Gasteiger partial charge in [0.15, 0.2) is 0 Å². The van der Waals surface area contributed by atoms with Crippen LogP contribution in [-0.4, -0.2) is 47.4 Å². The van der Waals surface area contributed by atoms with E-state index < -0.39 is 12.1 Å². The Kier molecular flexibility index (Phi) is 56.5. The molecule has 0 saturated heterocycles. The molecule has 0 fully saturated rings. The lowest BCUT2D eigenvalue weighted by Crippen LogP contribution is -2.45. The van der Waals surface area contributed by atoms with Gasteiger partial charge in [-0.2, -0.15) is 0 Å². The van der Waals surface area contributed by atoms with Gasteiger partial charge in [-0.25, -0.2) is 0 Å². The van der Waals surface area contributed by atoms with Gasteiger partial charge in [-0.3, -0.25) is 9.59 Å². The second-order valence-electron chi connectivity index (χ2n) is 21.4. The molecule has 0 aliphatic rings. The first-order valence-corrected chi connectivity index (χ1v) is 30.8. The number of unbranched alkanes of at least 4 members (excludes halogenated alkanes) is 47. The van der Waals surface area contributed by atoms with Gasteiger partial charge >= 0.3 is 5.97 Å². The molecule has 0 aromatic carbocycles. The van der Waals surface area contributed by atoms with Gasteiger partial charge in [0.05, 0.1) is 25.4 Å². The molecule has 0 rings (SSSR count). The third-order valence-corrected chi connectivity index (χ3v) is 14.7. The van der Waals surface area contributed by atoms with Crippen LogP contribution in [0.1, 0.15) is 354 Å². The number of carbonyl (C=O) groups excluding carboxylic acids is 2. The number of hydrogen-bond donors (Lipinski definition) is 3. The number of hydrogen-bond acceptors (Lipinski definition) is 5. The van der Waals surface area contributed by atoms with Crippen molar-refractivity contribution in [2.45, 2.75) is 366 Å². The van der Waals surface area contributed by atoms with Crippen molar-refractivity contribution in [1.82, 2.24) is 5.32 Å². The Morgan fingerprint density at radius 1 is 0.358 bits per heavy atom. The van der Waals surface area contributed by atoms with E-state index in [-0.39, 0.29) is 18.5 Å². The summed E-state index contributed by atoms with van der Waals surface area (Å²) in [4.78, 5) is 24.6. The number of carbonyl (C=O) groups is 2. The smallest absolute Gasteiger partial charge is 0.305 e. The summed E-state index contributed by atoms with van der Waals surface area (Å²) in [5.74, 6) is -0.0295. The van der Waals surface area contributed by atoms with E-state index in [0.717, 1.165) is 38.5 Å². The van der Waals surface area contributed by atoms with Gasteiger partial charge in [0.25, 0.3) is 0 Å². The van der Waals surface area contributed by atoms with Gasteiger partial charge in [-0.15, -0.1) is 0 Å². The van der Waals surface area contributed by atoms with E-state index in [1.54, 1.807) is 0 Å². The summed E-state index contributed by atoms with van der Waals surface area (Å²) >= 11 is 0. The lowest BCUT2D eigenvalue weighted by molar-refractivity contribution is -0.143. The van der Waals surface area contributed by atoms with Crippen LogP contribution in [0, 0.1) is 0 Å². The fraction of sp³-hybridized carbons (Fsp3) is 0.967. The van der Waals surface area contributed by atoms with Crippen LogP contribution < -0.4 is 5.32 Å². The van der Waals surface area contributed by atoms with Gasteiger partial charge in [0.1, 0.15) is 0 Å². The summed E-state index contributed by atoms with van der Waals surface area (Å²) in [5.41, 5.74) is 0. The van der Waals surface area contributed by atoms with Gasteiger partial charge < -0.3 is 20.3 Å². The third kappa shape index (κ3) is 54.0. The number of aliphatic hydroxyl groups excluding tert-OH is 2. The van der Waals surface area contributed by atoms with E-state index in [1.807, 2.05) is 0 Å². The molecular formula is C61H121NO5. The van der Waals surface area contributed by atoms with E-state index >= 15 is 0 Å². The van der Waals surface area contributed by atoms with Crippen molar-refractivity contribution in [1.29, 1.82) is 0 Å². The number of ether oxygens (including phenoxy) is 1. The summed E-state index contributed by atoms with van der Waals surface area (Å²) in [6.45, 7) is 4.98. The topological polar surface area (TPSA) is 95.9 Å². The summed E-state index contributed by atoms with van der Waals surface area (Å²) < 4.78 is 5.49. The van der Waals surface area contributed by atoms with Crippen LogP contribution in [-0.2, 0) is 14.3 Å². The predicted octanol–water partition coefficient (Wildman–Crippen LogP) is 19.1. The van der Waals surface area contributed by atoms with E-state index in [2.05, 4.69) is 19.2 Å². The van der Waals surface area contributed by atoms with Crippen molar-refractivity contribution in [2.24, 2.45) is 0 Å². The van der Waals surface area contributed by atoms with Crippen LogP contribution >= 0.6 is 0 Å². The van der Waals surface area contributed by atoms with Crippen molar-refractivity contribution in [3.63, 3.8) is 0 Å². The second kappa shape index (κ2) is 57.4. The summed E-state index contributed by atoms with van der Waals surface area (Å²) in [6, 6.07) is -0.545. The Labute approximate surface area is 419 Å². The SMILES string of the molecule is CCCCCCCCCCCCCCCCCCCC(=O)OCCCCCCCCCCCCCCCCCCC(=O)NC(CO)C(O)CCCCCCCCCCCCCCCCCCC. The van der Waals surface area contributed by atoms with E-state index in [9.17, 15) is 19.8 Å². The van der Waals surface area contributed by atoms with E-state index in [4.69, 9.17) is 4.74 Å². The van der Waals surface area contributed by atoms with Crippen LogP contribution in [0.4, 0.5) is 0 Å². The van der Waals surface area contributed by atoms with Gasteiger partial charge in [0.2, 0.25) is 5.91 Å². The minimum absolute atomic E-state index is 0.00839. The fourth-order valence-electron chi connectivity index (χ4n) is 9.94. The Morgan fingerprint density at radius 3 is 0.910 bits per heavy atom. The quantitative estimate of drug-likeness (QED) is 0.0417. The van der Waals surface area contributed by atoms with Crippen molar-refractivity contribution >= 4 is 11.9 Å². The zero-order chi connectivity index (χ0) is 48.6. The molecule has 0 aromatic rings. The Bertz CT molecular complexity index is 959. The van der Waals surface area contributed by atoms with Crippen LogP contribution in [0.15, 0.2) is 0 Å². The fourth-order valence-corrected chi connectivity index (χ4v) is 9.94. The number of amides is 1. The highest BCUT2D eigenvalue weighted by Crippen LogP contribution is 2.18. The highest BCUT2D eigenvalue weighted by Gasteiger charge is 2.20. The van der Waals surface area contributed by atoms with Gasteiger partial charge in [0, 0.05) is 12.8 Å². The molecule has 0 aromatic heterocycles. The van der Waals surface area contributed by atoms with Gasteiger partial charge in [-0.1, -0.05) is 316 Å². The molecule has 2 unspecified atom stereocenters. The molecule has 0 radical (unpaired) electrons. The Balaban J connectivity index is 3.39. The molecular weight excluding hydrogens is 827 g/mol. The van der Waals surface area contributed by atoms with Crippen molar-refractivity contribution in [3.8, 4) is 0 Å². The number of rotatable bonds is 58. The maximum atomic E-state index is 12.5. The van der Waals surface area contributed by atoms with Crippen molar-refractivity contribution in [3.05, 3.63) is 0 Å². The zero-order valence-electron chi connectivity index (χ0n) is 45.7. The zero-order valence-corrected chi connectivity index (χ0v) is 45.7. The summed E-state index contributed by atoms with van der Waals surface area (Å²) in [5, 5.41) is 23.3. The minimum Gasteiger partial charge on any atom is -0.466 e. The van der Waals surface area contributed by atoms with E-state index in [0.29, 0.717) is 25.9 Å². The highest BCUT2D eigenvalue weighted by atomic mass is 16.5. The Hall–Kier alpha value is -1.14. The van der Waals surface area contributed by atoms with Crippen molar-refractivity contribution in [2.75, 3.05) is 13.2 Å². The van der Waals surface area contributed by atoms with E-state index in [1.165, 1.54) is 283 Å². The molecule has 67 heavy (non-hydrogen) atoms. The molecule has 0 spiro atoms. The molecule has 3 N–H and O–H groups in total. The van der Waals surface area contributed by atoms with Crippen LogP contribution in [0.3, 0.4) is 0 Å². The maximum absolute atomic E-state index is 12.5. The van der Waals surface area contributed by atoms with Crippen LogP contribution in [0.2, 0.25) is 0 Å². The molecule has 6 heteroatoms. The van der Waals surface area contributed by atoms with Gasteiger partial charge in [-0.05, 0) is 25.7 Å². The minimum atomic E-state index is -0.668. The first-order valence-electron chi connectivity index (χ1n) is 30.8. The lowest BCUT2D eigenvalue weighted by Gasteiger charge is -2.22. The average molecular weight is 949 g/mol. The Morgan fingerprint density at radius 2 is 0.612 bits per heavy atom. The van der Waals surface area contributed by atoms with Crippen molar-refractivity contribution < 1.29 is 24.5 Å². The molecule has 0 heterocycles. The first kappa shape index (κ1) is 65.9. The monoisotopic (exact) mass is 948 g/mol. The average Bonchev–Trinajstić information content (AvgIpc) is 3.33. The standard InChI is InChI=1S/C61H121NO5/c1-3-5-7-9-11-13-15-17-19-21-25-29-33-37-41-45-49-53-59(64)58(57-63)62-60(65)54-50-46-42-38-34-30-26-23-24-28-32-36-40-44-48-52-56-67-61(66)55-51-47-43-39-35-31-27-22-20-18-16-14-12-10-8-6-4-2/h58-59,63-64H,3-57H2,1-2H3,(H,62,65). The second-order valence-corrected chi connectivity index (χ2v) is 21.4. The molecule has 400 valence electrons.